The van der Waals surface area contributed by atoms with E-state index in [1.165, 1.54) is 70.7 Å². The van der Waals surface area contributed by atoms with Gasteiger partial charge < -0.3 is 9.13 Å². The van der Waals surface area contributed by atoms with E-state index in [-0.39, 0.29) is 5.41 Å². The fourth-order valence-corrected chi connectivity index (χ4v) is 15.6. The highest BCUT2D eigenvalue weighted by Crippen LogP contribution is 2.50. The largest absolute Gasteiger partial charge is 0.309 e. The van der Waals surface area contributed by atoms with Crippen LogP contribution in [0.5, 0.6) is 0 Å². The smallest absolute Gasteiger partial charge is 0.163 e. The summed E-state index contributed by atoms with van der Waals surface area (Å²) in [4.78, 5) is 25.1. The van der Waals surface area contributed by atoms with Gasteiger partial charge in [0.15, 0.2) is 17.3 Å². The minimum absolute atomic E-state index is 0.146. The molecule has 0 unspecified atom stereocenters. The molecular formula is C90H55N9. The van der Waals surface area contributed by atoms with E-state index < -0.39 is 0 Å². The summed E-state index contributed by atoms with van der Waals surface area (Å²) in [6.07, 6.45) is 1.74. The van der Waals surface area contributed by atoms with Crippen molar-refractivity contribution in [1.29, 1.82) is 10.5 Å². The number of hydrogen-bond acceptors (Lipinski definition) is 7. The zero-order chi connectivity index (χ0) is 66.0. The monoisotopic (exact) mass is 1260 g/mol. The lowest BCUT2D eigenvalue weighted by molar-refractivity contribution is 0.660. The van der Waals surface area contributed by atoms with E-state index in [0.717, 1.165) is 94.0 Å². The molecule has 20 rings (SSSR count). The van der Waals surface area contributed by atoms with Gasteiger partial charge in [-0.05, 0) is 151 Å². The van der Waals surface area contributed by atoms with Crippen LogP contribution < -0.4 is 0 Å². The second kappa shape index (κ2) is 22.3. The van der Waals surface area contributed by atoms with Gasteiger partial charge in [-0.3, -0.25) is 0 Å². The van der Waals surface area contributed by atoms with E-state index in [0.29, 0.717) is 34.0 Å². The van der Waals surface area contributed by atoms with E-state index in [9.17, 15) is 10.5 Å². The molecule has 0 bridgehead atoms. The Morgan fingerprint density at radius 1 is 0.333 bits per heavy atom. The molecule has 0 radical (unpaired) electrons. The highest BCUT2D eigenvalue weighted by atomic mass is 15.0. The SMILES string of the molecule is CC1(C)c2ccccc2-c2ccc(-c3nc(-c4c(C#N)cc(-n5c6ccccc6c6cc7ccccc7cc65)c5ccccc45)nc4ccccc34)cc21.N#Cc1cc(-n2c3ccccc3c3cc4ccccc4cc32)ccc1-c1nc(-c2ccc3ccccc3c2)c2cccnc2n1. The van der Waals surface area contributed by atoms with Crippen molar-refractivity contribution in [2.75, 3.05) is 0 Å². The zero-order valence-electron chi connectivity index (χ0n) is 53.8. The van der Waals surface area contributed by atoms with Crippen molar-refractivity contribution in [2.24, 2.45) is 0 Å². The van der Waals surface area contributed by atoms with Crippen LogP contribution in [0.25, 0.3) is 176 Å². The van der Waals surface area contributed by atoms with E-state index >= 15 is 0 Å². The van der Waals surface area contributed by atoms with Crippen LogP contribution in [-0.4, -0.2) is 34.1 Å². The average molecular weight is 1260 g/mol. The summed E-state index contributed by atoms with van der Waals surface area (Å²) in [5.41, 5.74) is 18.8. The maximum Gasteiger partial charge on any atom is 0.163 e. The number of aromatic nitrogens is 7. The van der Waals surface area contributed by atoms with E-state index in [2.05, 4.69) is 265 Å². The van der Waals surface area contributed by atoms with Crippen LogP contribution in [0.3, 0.4) is 0 Å². The van der Waals surface area contributed by atoms with Gasteiger partial charge >= 0.3 is 0 Å². The Hall–Kier alpha value is -13.5. The molecule has 99 heavy (non-hydrogen) atoms. The van der Waals surface area contributed by atoms with Gasteiger partial charge in [-0.25, -0.2) is 24.9 Å². The number of para-hydroxylation sites is 3. The molecule has 0 aliphatic heterocycles. The summed E-state index contributed by atoms with van der Waals surface area (Å²) in [5.74, 6) is 1.01. The predicted molar refractivity (Wildman–Crippen MR) is 404 cm³/mol. The molecule has 5 aromatic heterocycles. The fourth-order valence-electron chi connectivity index (χ4n) is 15.6. The summed E-state index contributed by atoms with van der Waals surface area (Å²) in [6.45, 7) is 4.61. The number of nitrogens with zero attached hydrogens (tertiary/aromatic N) is 9. The van der Waals surface area contributed by atoms with Gasteiger partial charge in [-0.15, -0.1) is 0 Å². The van der Waals surface area contributed by atoms with Crippen molar-refractivity contribution in [3.63, 3.8) is 0 Å². The molecule has 0 amide bonds. The van der Waals surface area contributed by atoms with Gasteiger partial charge in [-0.2, -0.15) is 10.5 Å². The summed E-state index contributed by atoms with van der Waals surface area (Å²) in [6, 6.07) is 106. The van der Waals surface area contributed by atoms with Crippen molar-refractivity contribution in [2.45, 2.75) is 19.3 Å². The maximum absolute atomic E-state index is 11.0. The van der Waals surface area contributed by atoms with Gasteiger partial charge in [0, 0.05) is 77.3 Å². The third-order valence-corrected chi connectivity index (χ3v) is 20.3. The molecule has 19 aromatic rings. The normalized spacial score (nSPS) is 12.4. The number of fused-ring (bicyclic) bond motifs is 15. The molecule has 0 saturated carbocycles. The van der Waals surface area contributed by atoms with Crippen LogP contribution in [0.4, 0.5) is 0 Å². The van der Waals surface area contributed by atoms with Crippen LogP contribution in [-0.2, 0) is 5.41 Å². The summed E-state index contributed by atoms with van der Waals surface area (Å²) in [5, 5.41) is 37.0. The molecule has 460 valence electrons. The maximum atomic E-state index is 11.0. The lowest BCUT2D eigenvalue weighted by Crippen LogP contribution is -2.15. The topological polar surface area (TPSA) is 122 Å². The molecule has 0 fully saturated rings. The second-order valence-electron chi connectivity index (χ2n) is 26.1. The van der Waals surface area contributed by atoms with Crippen molar-refractivity contribution >= 4 is 109 Å². The molecule has 0 N–H and O–H groups in total. The van der Waals surface area contributed by atoms with Crippen LogP contribution in [0.2, 0.25) is 0 Å². The Kier molecular flexibility index (Phi) is 12.9. The molecule has 0 atom stereocenters. The van der Waals surface area contributed by atoms with E-state index in [4.69, 9.17) is 19.9 Å². The lowest BCUT2D eigenvalue weighted by atomic mass is 9.82. The van der Waals surface area contributed by atoms with Gasteiger partial charge in [-0.1, -0.05) is 214 Å². The highest BCUT2D eigenvalue weighted by molar-refractivity contribution is 6.16. The van der Waals surface area contributed by atoms with Crippen LogP contribution >= 0.6 is 0 Å². The first-order valence-corrected chi connectivity index (χ1v) is 33.2. The third-order valence-electron chi connectivity index (χ3n) is 20.3. The quantitative estimate of drug-likeness (QED) is 0.162. The van der Waals surface area contributed by atoms with Crippen LogP contribution in [0.15, 0.2) is 297 Å². The van der Waals surface area contributed by atoms with Crippen LogP contribution in [0, 0.1) is 22.7 Å². The average Bonchev–Trinajstić information content (AvgIpc) is 0.902. The van der Waals surface area contributed by atoms with Gasteiger partial charge in [0.25, 0.3) is 0 Å². The van der Waals surface area contributed by atoms with Gasteiger partial charge in [0.1, 0.15) is 0 Å². The lowest BCUT2D eigenvalue weighted by Gasteiger charge is -2.22. The van der Waals surface area contributed by atoms with Crippen molar-refractivity contribution in [1.82, 2.24) is 34.1 Å². The molecule has 0 spiro atoms. The molecule has 5 heterocycles. The number of benzene rings is 14. The Morgan fingerprint density at radius 3 is 1.58 bits per heavy atom. The van der Waals surface area contributed by atoms with E-state index in [1.807, 2.05) is 66.7 Å². The molecule has 0 saturated heterocycles. The standard InChI is InChI=1S/C50H32N4.C40H23N5/c1-50(2)41-20-10-7-15-34(41)35-24-23-32(26-42(35)50)48-39-19-8-11-21-43(39)52-49(53-48)47-33(29-51)28-45(36-16-5-6-18-38(36)47)54-44-22-12-9-17-37(44)40-25-30-13-3-4-14-31(30)27-46(40)54;41-24-30-21-31(45-36-14-6-5-12-33(36)35-22-27-10-3-4-11-28(27)23-37(35)45)17-18-32(30)40-43-38(34-13-7-19-42-39(34)44-40)29-16-15-25-8-1-2-9-26(25)20-29/h3-28H,1-2H3;1-23H. The minimum Gasteiger partial charge on any atom is -0.309 e. The van der Waals surface area contributed by atoms with E-state index in [1.54, 1.807) is 6.20 Å². The number of rotatable bonds is 6. The Bertz CT molecular complexity index is 6760. The Balaban J connectivity index is 0.000000141. The summed E-state index contributed by atoms with van der Waals surface area (Å²) < 4.78 is 4.56. The third kappa shape index (κ3) is 9.03. The van der Waals surface area contributed by atoms with Crippen molar-refractivity contribution in [3.8, 4) is 79.9 Å². The summed E-state index contributed by atoms with van der Waals surface area (Å²) in [7, 11) is 0. The molecule has 14 aromatic carbocycles. The van der Waals surface area contributed by atoms with Crippen molar-refractivity contribution in [3.05, 3.63) is 320 Å². The first-order chi connectivity index (χ1) is 48.7. The number of hydrogen-bond donors (Lipinski definition) is 0. The first kappa shape index (κ1) is 57.0. The van der Waals surface area contributed by atoms with Gasteiger partial charge in [0.2, 0.25) is 0 Å². The Morgan fingerprint density at radius 2 is 0.859 bits per heavy atom. The Labute approximate surface area is 568 Å². The zero-order valence-corrected chi connectivity index (χ0v) is 53.8. The summed E-state index contributed by atoms with van der Waals surface area (Å²) >= 11 is 0. The predicted octanol–water partition coefficient (Wildman–Crippen LogP) is 22.2. The second-order valence-corrected chi connectivity index (χ2v) is 26.1. The minimum atomic E-state index is -0.146. The fraction of sp³-hybridized carbons (Fsp3) is 0.0333. The molecule has 1 aliphatic carbocycles. The molecular weight excluding hydrogens is 1210 g/mol. The molecule has 1 aliphatic rings. The number of pyridine rings is 1. The first-order valence-electron chi connectivity index (χ1n) is 33.2. The molecule has 9 nitrogen and oxygen atoms in total. The van der Waals surface area contributed by atoms with Gasteiger partial charge in [0.05, 0.1) is 67.9 Å². The number of nitriles is 2. The van der Waals surface area contributed by atoms with Crippen molar-refractivity contribution < 1.29 is 0 Å². The van der Waals surface area contributed by atoms with Crippen LogP contribution in [0.1, 0.15) is 36.1 Å². The highest BCUT2D eigenvalue weighted by Gasteiger charge is 2.36. The molecule has 9 heteroatoms.